The Kier molecular flexibility index (Phi) is 8.41. The Morgan fingerprint density at radius 1 is 1.08 bits per heavy atom. The Balaban J connectivity index is 1.89. The van der Waals surface area contributed by atoms with E-state index in [-0.39, 0.29) is 35.3 Å². The number of fused-ring (bicyclic) bond motifs is 1. The van der Waals surface area contributed by atoms with Crippen molar-refractivity contribution >= 4 is 57.4 Å². The number of hydrogen-bond acceptors (Lipinski definition) is 10. The van der Waals surface area contributed by atoms with E-state index < -0.39 is 5.97 Å². The summed E-state index contributed by atoms with van der Waals surface area (Å²) in [5.41, 5.74) is 1.21. The highest BCUT2D eigenvalue weighted by atomic mass is 32.2. The minimum atomic E-state index is -0.596. The zero-order valence-electron chi connectivity index (χ0n) is 20.3. The number of methoxy groups -OCH3 is 2. The van der Waals surface area contributed by atoms with Gasteiger partial charge in [0, 0.05) is 11.8 Å². The van der Waals surface area contributed by atoms with Gasteiger partial charge in [-0.15, -0.1) is 0 Å². The van der Waals surface area contributed by atoms with Crippen molar-refractivity contribution in [3.8, 4) is 22.9 Å². The van der Waals surface area contributed by atoms with Crippen LogP contribution >= 0.6 is 35.3 Å². The number of hydrogen-bond donors (Lipinski definition) is 0. The third-order valence-corrected chi connectivity index (χ3v) is 7.58. The van der Waals surface area contributed by atoms with Gasteiger partial charge in [-0.2, -0.15) is 0 Å². The molecule has 0 atom stereocenters. The fraction of sp³-hybridized carbons (Fsp3) is 0.240. The Bertz CT molecular complexity index is 1580. The Hall–Kier alpha value is -3.48. The van der Waals surface area contributed by atoms with Crippen LogP contribution in [0.5, 0.6) is 11.5 Å². The van der Waals surface area contributed by atoms with Crippen LogP contribution in [0.25, 0.3) is 21.7 Å². The molecule has 2 heterocycles. The molecule has 0 saturated carbocycles. The van der Waals surface area contributed by atoms with E-state index in [4.69, 9.17) is 31.4 Å². The molecule has 4 aromatic rings. The molecule has 9 nitrogen and oxygen atoms in total. The molecule has 0 aliphatic rings. The minimum Gasteiger partial charge on any atom is -0.497 e. The average Bonchev–Trinajstić information content (AvgIpc) is 3.24. The van der Waals surface area contributed by atoms with Crippen LogP contribution in [0.3, 0.4) is 0 Å². The van der Waals surface area contributed by atoms with Crippen molar-refractivity contribution in [2.75, 3.05) is 26.6 Å². The van der Waals surface area contributed by atoms with Crippen molar-refractivity contribution in [2.45, 2.75) is 18.5 Å². The lowest BCUT2D eigenvalue weighted by atomic mass is 10.2. The normalized spacial score (nSPS) is 10.9. The summed E-state index contributed by atoms with van der Waals surface area (Å²) >= 11 is 7.80. The van der Waals surface area contributed by atoms with E-state index in [2.05, 4.69) is 0 Å². The first-order valence-electron chi connectivity index (χ1n) is 11.1. The summed E-state index contributed by atoms with van der Waals surface area (Å²) in [5.74, 6) is -0.107. The number of esters is 1. The first kappa shape index (κ1) is 26.6. The summed E-state index contributed by atoms with van der Waals surface area (Å²) in [6.07, 6.45) is -0.363. The number of ether oxygens (including phenoxy) is 3. The number of Topliss-reactive ketones (excluding diaryl/α,β-unsaturated/α-hetero) is 1. The van der Waals surface area contributed by atoms with Crippen LogP contribution in [0, 0.1) is 3.95 Å². The number of benzene rings is 2. The van der Waals surface area contributed by atoms with Crippen LogP contribution in [0.2, 0.25) is 0 Å². The molecule has 0 N–H and O–H groups in total. The molecule has 192 valence electrons. The van der Waals surface area contributed by atoms with Crippen LogP contribution in [-0.4, -0.2) is 52.5 Å². The largest absolute Gasteiger partial charge is 0.497 e. The number of carbonyl (C=O) groups is 2. The van der Waals surface area contributed by atoms with Gasteiger partial charge in [-0.25, -0.2) is 4.98 Å². The van der Waals surface area contributed by atoms with E-state index >= 15 is 0 Å². The summed E-state index contributed by atoms with van der Waals surface area (Å²) in [7, 11) is 3.02. The van der Waals surface area contributed by atoms with Crippen LogP contribution in [0.15, 0.2) is 58.5 Å². The van der Waals surface area contributed by atoms with Gasteiger partial charge in [-0.1, -0.05) is 41.3 Å². The molecule has 0 radical (unpaired) electrons. The summed E-state index contributed by atoms with van der Waals surface area (Å²) in [6.45, 7) is 1.86. The number of rotatable bonds is 10. The number of para-hydroxylation sites is 1. The fourth-order valence-electron chi connectivity index (χ4n) is 3.59. The lowest BCUT2D eigenvalue weighted by Crippen LogP contribution is -2.23. The summed E-state index contributed by atoms with van der Waals surface area (Å²) in [6, 6.07) is 14.4. The molecule has 0 fully saturated rings. The minimum absolute atomic E-state index is 0.0918. The molecule has 2 aromatic carbocycles. The van der Waals surface area contributed by atoms with E-state index in [1.54, 1.807) is 29.7 Å². The van der Waals surface area contributed by atoms with Crippen LogP contribution in [-0.2, 0) is 14.3 Å². The average molecular weight is 558 g/mol. The van der Waals surface area contributed by atoms with Crippen molar-refractivity contribution in [3.05, 3.63) is 62.8 Å². The van der Waals surface area contributed by atoms with Crippen LogP contribution in [0.4, 0.5) is 0 Å². The van der Waals surface area contributed by atoms with Crippen molar-refractivity contribution in [3.63, 3.8) is 0 Å². The molecule has 4 rings (SSSR count). The van der Waals surface area contributed by atoms with Gasteiger partial charge >= 0.3 is 5.97 Å². The third-order valence-electron chi connectivity index (χ3n) is 5.23. The Morgan fingerprint density at radius 2 is 1.84 bits per heavy atom. The molecular formula is C25H23N3O6S3. The van der Waals surface area contributed by atoms with E-state index in [9.17, 15) is 14.4 Å². The topological polar surface area (TPSA) is 102 Å². The second kappa shape index (κ2) is 11.7. The lowest BCUT2D eigenvalue weighted by molar-refractivity contribution is -0.145. The number of thioether (sulfide) groups is 1. The highest BCUT2D eigenvalue weighted by Crippen LogP contribution is 2.32. The number of carbonyl (C=O) groups excluding carboxylic acids is 2. The SMILES string of the molecule is CCOC(=O)CC(=O)CSc1nc2c(sc(=S)n2-c2ccccc2)c(=O)n1-c1ccc(OC)cc1OC. The monoisotopic (exact) mass is 557 g/mol. The second-order valence-electron chi connectivity index (χ2n) is 7.57. The van der Waals surface area contributed by atoms with Gasteiger partial charge in [0.05, 0.1) is 32.3 Å². The van der Waals surface area contributed by atoms with Gasteiger partial charge in [0.25, 0.3) is 5.56 Å². The maximum absolute atomic E-state index is 13.9. The quantitative estimate of drug-likeness (QED) is 0.0910. The number of nitrogens with zero attached hydrogens (tertiary/aromatic N) is 3. The van der Waals surface area contributed by atoms with Gasteiger partial charge in [0.2, 0.25) is 0 Å². The molecule has 0 saturated heterocycles. The maximum atomic E-state index is 13.9. The van der Waals surface area contributed by atoms with Gasteiger partial charge in [-0.3, -0.25) is 23.5 Å². The molecule has 0 aliphatic heterocycles. The summed E-state index contributed by atoms with van der Waals surface area (Å²) < 4.78 is 19.6. The van der Waals surface area contributed by atoms with Gasteiger partial charge in [0.15, 0.2) is 20.5 Å². The van der Waals surface area contributed by atoms with Crippen molar-refractivity contribution in [1.29, 1.82) is 0 Å². The Labute approximate surface area is 225 Å². The molecule has 2 aromatic heterocycles. The first-order chi connectivity index (χ1) is 17.9. The third kappa shape index (κ3) is 5.60. The fourth-order valence-corrected chi connectivity index (χ4v) is 5.75. The van der Waals surface area contributed by atoms with E-state index in [0.717, 1.165) is 28.8 Å². The van der Waals surface area contributed by atoms with Gasteiger partial charge < -0.3 is 14.2 Å². The van der Waals surface area contributed by atoms with Gasteiger partial charge in [-0.05, 0) is 43.4 Å². The second-order valence-corrected chi connectivity index (χ2v) is 10.2. The van der Waals surface area contributed by atoms with Crippen molar-refractivity contribution in [2.24, 2.45) is 0 Å². The van der Waals surface area contributed by atoms with E-state index in [1.807, 2.05) is 30.3 Å². The summed E-state index contributed by atoms with van der Waals surface area (Å²) in [4.78, 5) is 42.9. The van der Waals surface area contributed by atoms with E-state index in [0.29, 0.717) is 31.5 Å². The molecule has 0 aliphatic carbocycles. The molecule has 37 heavy (non-hydrogen) atoms. The highest BCUT2D eigenvalue weighted by Gasteiger charge is 2.22. The highest BCUT2D eigenvalue weighted by molar-refractivity contribution is 7.99. The molecular weight excluding hydrogens is 534 g/mol. The van der Waals surface area contributed by atoms with Crippen molar-refractivity contribution < 1.29 is 23.8 Å². The lowest BCUT2D eigenvalue weighted by Gasteiger charge is -2.16. The van der Waals surface area contributed by atoms with Crippen LogP contribution in [0.1, 0.15) is 13.3 Å². The standard InChI is InChI=1S/C25H23N3O6S3/c1-4-34-20(30)12-16(29)14-36-24-26-22-21(37-25(35)27(22)15-8-6-5-7-9-15)23(31)28(24)18-11-10-17(32-2)13-19(18)33-3/h5-11,13H,4,12,14H2,1-3H3. The molecule has 0 bridgehead atoms. The first-order valence-corrected chi connectivity index (χ1v) is 13.4. The summed E-state index contributed by atoms with van der Waals surface area (Å²) in [5, 5.41) is 0.246. The maximum Gasteiger partial charge on any atom is 0.313 e. The van der Waals surface area contributed by atoms with Crippen LogP contribution < -0.4 is 15.0 Å². The van der Waals surface area contributed by atoms with Crippen molar-refractivity contribution in [1.82, 2.24) is 14.1 Å². The number of aromatic nitrogens is 3. The number of ketones is 1. The smallest absolute Gasteiger partial charge is 0.313 e. The Morgan fingerprint density at radius 3 is 2.51 bits per heavy atom. The zero-order chi connectivity index (χ0) is 26.5. The number of thiazole rings is 1. The molecule has 0 spiro atoms. The van der Waals surface area contributed by atoms with E-state index in [1.165, 1.54) is 18.8 Å². The predicted octanol–water partition coefficient (Wildman–Crippen LogP) is 4.60. The molecule has 0 unspecified atom stereocenters. The molecule has 12 heteroatoms. The zero-order valence-corrected chi connectivity index (χ0v) is 22.7. The molecule has 0 amide bonds. The predicted molar refractivity (Wildman–Crippen MR) is 145 cm³/mol. The van der Waals surface area contributed by atoms with Gasteiger partial charge in [0.1, 0.15) is 22.6 Å².